The Morgan fingerprint density at radius 3 is 2.21 bits per heavy atom. The number of ether oxygens (including phenoxy) is 1. The van der Waals surface area contributed by atoms with E-state index in [1.165, 1.54) is 18.2 Å². The molecule has 3 aromatic rings. The third-order valence-electron chi connectivity index (χ3n) is 5.53. The van der Waals surface area contributed by atoms with Crippen LogP contribution in [0, 0.1) is 0 Å². The third-order valence-corrected chi connectivity index (χ3v) is 5.53. The maximum absolute atomic E-state index is 12.6. The molecule has 2 amide bonds. The van der Waals surface area contributed by atoms with E-state index in [9.17, 15) is 14.4 Å². The number of benzene rings is 2. The molecule has 0 atom stereocenters. The molecule has 1 aromatic heterocycles. The number of aliphatic hydroxyl groups is 1. The molecule has 0 bridgehead atoms. The number of nitrogens with zero attached hydrogens (tertiary/aromatic N) is 2. The molecule has 1 aliphatic carbocycles. The lowest BCUT2D eigenvalue weighted by atomic mass is 9.98. The Bertz CT molecular complexity index is 1180. The van der Waals surface area contributed by atoms with Crippen molar-refractivity contribution in [3.8, 4) is 11.1 Å². The molecule has 1 aliphatic rings. The average molecular weight is 461 g/mol. The minimum Gasteiger partial charge on any atom is -0.480 e. The van der Waals surface area contributed by atoms with Crippen molar-refractivity contribution in [2.24, 2.45) is 0 Å². The van der Waals surface area contributed by atoms with Gasteiger partial charge in [-0.15, -0.1) is 0 Å². The van der Waals surface area contributed by atoms with Gasteiger partial charge in [-0.05, 0) is 34.4 Å². The van der Waals surface area contributed by atoms with Crippen LogP contribution < -0.4 is 5.32 Å². The summed E-state index contributed by atoms with van der Waals surface area (Å²) in [4.78, 5) is 41.1. The van der Waals surface area contributed by atoms with Crippen LogP contribution in [0.2, 0.25) is 0 Å². The zero-order valence-corrected chi connectivity index (χ0v) is 18.2. The number of aromatic nitrogens is 1. The van der Waals surface area contributed by atoms with E-state index in [-0.39, 0.29) is 30.6 Å². The van der Waals surface area contributed by atoms with Crippen LogP contribution in [0.1, 0.15) is 27.5 Å². The maximum atomic E-state index is 12.6. The molecular formula is C25H23N3O6. The number of pyridine rings is 1. The van der Waals surface area contributed by atoms with Gasteiger partial charge < -0.3 is 19.8 Å². The Hall–Kier alpha value is -4.24. The fourth-order valence-corrected chi connectivity index (χ4v) is 4.06. The average Bonchev–Trinajstić information content (AvgIpc) is 3.16. The first kappa shape index (κ1) is 22.9. The molecule has 0 aliphatic heterocycles. The second kappa shape index (κ2) is 10.1. The van der Waals surface area contributed by atoms with Crippen LogP contribution in [0.5, 0.6) is 0 Å². The lowest BCUT2D eigenvalue weighted by molar-refractivity contribution is -0.137. The lowest BCUT2D eigenvalue weighted by Gasteiger charge is -2.19. The van der Waals surface area contributed by atoms with Gasteiger partial charge in [0.05, 0.1) is 6.61 Å². The lowest BCUT2D eigenvalue weighted by Crippen LogP contribution is -2.38. The topological polar surface area (TPSA) is 129 Å². The number of carboxylic acids is 1. The Balaban J connectivity index is 1.42. The van der Waals surface area contributed by atoms with Crippen molar-refractivity contribution in [2.75, 3.05) is 31.6 Å². The normalized spacial score (nSPS) is 11.9. The molecule has 0 spiro atoms. The van der Waals surface area contributed by atoms with E-state index in [0.29, 0.717) is 0 Å². The van der Waals surface area contributed by atoms with Crippen molar-refractivity contribution in [1.82, 2.24) is 9.88 Å². The first-order valence-electron chi connectivity index (χ1n) is 10.7. The van der Waals surface area contributed by atoms with Gasteiger partial charge in [-0.25, -0.2) is 9.78 Å². The summed E-state index contributed by atoms with van der Waals surface area (Å²) in [5, 5.41) is 20.6. The first-order valence-corrected chi connectivity index (χ1v) is 10.7. The van der Waals surface area contributed by atoms with E-state index < -0.39 is 31.1 Å². The summed E-state index contributed by atoms with van der Waals surface area (Å²) in [7, 11) is 0. The molecule has 9 nitrogen and oxygen atoms in total. The SMILES string of the molecule is O=C(O)CN(CCO)C(=O)c1cccc(NC(=O)OCC2c3ccccc3-c3ccccc32)n1. The number of carboxylic acid groups (broad SMARTS) is 1. The number of fused-ring (bicyclic) bond motifs is 3. The summed E-state index contributed by atoms with van der Waals surface area (Å²) in [6, 6.07) is 20.4. The van der Waals surface area contributed by atoms with E-state index in [2.05, 4.69) is 10.3 Å². The standard InChI is InChI=1S/C25H23N3O6/c29-13-12-28(14-23(30)31)24(32)21-10-5-11-22(26-21)27-25(33)34-15-20-18-8-3-1-6-16(18)17-7-2-4-9-19(17)20/h1-11,20,29H,12-15H2,(H,30,31)(H,26,27,33). The van der Waals surface area contributed by atoms with Gasteiger partial charge in [0, 0.05) is 12.5 Å². The summed E-state index contributed by atoms with van der Waals surface area (Å²) >= 11 is 0. The number of aliphatic hydroxyl groups excluding tert-OH is 1. The van der Waals surface area contributed by atoms with Gasteiger partial charge in [0.1, 0.15) is 24.7 Å². The summed E-state index contributed by atoms with van der Waals surface area (Å²) in [6.07, 6.45) is -0.725. The highest BCUT2D eigenvalue weighted by Crippen LogP contribution is 2.44. The number of carbonyl (C=O) groups is 3. The van der Waals surface area contributed by atoms with E-state index in [1.807, 2.05) is 48.5 Å². The van der Waals surface area contributed by atoms with Gasteiger partial charge in [0.15, 0.2) is 0 Å². The van der Waals surface area contributed by atoms with Gasteiger partial charge in [-0.1, -0.05) is 54.6 Å². The highest BCUT2D eigenvalue weighted by Gasteiger charge is 2.29. The number of hydrogen-bond acceptors (Lipinski definition) is 6. The molecule has 0 saturated heterocycles. The minimum absolute atomic E-state index is 0.0638. The van der Waals surface area contributed by atoms with E-state index in [4.69, 9.17) is 14.9 Å². The fraction of sp³-hybridized carbons (Fsp3) is 0.200. The molecule has 174 valence electrons. The zero-order chi connectivity index (χ0) is 24.1. The van der Waals surface area contributed by atoms with Crippen LogP contribution in [0.3, 0.4) is 0 Å². The Morgan fingerprint density at radius 1 is 0.941 bits per heavy atom. The van der Waals surface area contributed by atoms with Gasteiger partial charge in [0.25, 0.3) is 5.91 Å². The number of anilines is 1. The number of nitrogens with one attached hydrogen (secondary N) is 1. The van der Waals surface area contributed by atoms with Gasteiger partial charge in [0.2, 0.25) is 0 Å². The van der Waals surface area contributed by atoms with Crippen molar-refractivity contribution in [3.63, 3.8) is 0 Å². The van der Waals surface area contributed by atoms with Crippen molar-refractivity contribution in [3.05, 3.63) is 83.6 Å². The molecule has 34 heavy (non-hydrogen) atoms. The van der Waals surface area contributed by atoms with Crippen molar-refractivity contribution in [1.29, 1.82) is 0 Å². The highest BCUT2D eigenvalue weighted by molar-refractivity contribution is 5.95. The second-order valence-corrected chi connectivity index (χ2v) is 7.70. The van der Waals surface area contributed by atoms with Crippen LogP contribution in [-0.2, 0) is 9.53 Å². The highest BCUT2D eigenvalue weighted by atomic mass is 16.5. The third kappa shape index (κ3) is 4.89. The predicted octanol–water partition coefficient (Wildman–Crippen LogP) is 2.96. The zero-order valence-electron chi connectivity index (χ0n) is 18.2. The van der Waals surface area contributed by atoms with Gasteiger partial charge in [-0.2, -0.15) is 0 Å². The predicted molar refractivity (Wildman–Crippen MR) is 124 cm³/mol. The summed E-state index contributed by atoms with van der Waals surface area (Å²) in [5.74, 6) is -1.90. The van der Waals surface area contributed by atoms with Crippen LogP contribution in [-0.4, -0.2) is 64.4 Å². The maximum Gasteiger partial charge on any atom is 0.412 e. The molecule has 0 fully saturated rings. The van der Waals surface area contributed by atoms with E-state index in [1.54, 1.807) is 0 Å². The second-order valence-electron chi connectivity index (χ2n) is 7.70. The smallest absolute Gasteiger partial charge is 0.412 e. The van der Waals surface area contributed by atoms with Crippen molar-refractivity contribution in [2.45, 2.75) is 5.92 Å². The molecule has 0 saturated carbocycles. The number of aliphatic carboxylic acids is 1. The molecule has 2 aromatic carbocycles. The minimum atomic E-state index is -1.21. The van der Waals surface area contributed by atoms with Gasteiger partial charge in [-0.3, -0.25) is 14.9 Å². The van der Waals surface area contributed by atoms with E-state index in [0.717, 1.165) is 27.2 Å². The quantitative estimate of drug-likeness (QED) is 0.470. The summed E-state index contributed by atoms with van der Waals surface area (Å²) in [5.41, 5.74) is 4.35. The molecule has 4 rings (SSSR count). The summed E-state index contributed by atoms with van der Waals surface area (Å²) in [6.45, 7) is -1.000. The molecule has 3 N–H and O–H groups in total. The first-order chi connectivity index (χ1) is 16.5. The molecular weight excluding hydrogens is 438 g/mol. The van der Waals surface area contributed by atoms with Crippen LogP contribution in [0.25, 0.3) is 11.1 Å². The fourth-order valence-electron chi connectivity index (χ4n) is 4.06. The summed E-state index contributed by atoms with van der Waals surface area (Å²) < 4.78 is 5.49. The molecule has 0 radical (unpaired) electrons. The molecule has 9 heteroatoms. The number of rotatable bonds is 8. The molecule has 0 unspecified atom stereocenters. The Labute approximate surface area is 195 Å². The Morgan fingerprint density at radius 2 is 1.59 bits per heavy atom. The largest absolute Gasteiger partial charge is 0.480 e. The van der Waals surface area contributed by atoms with E-state index >= 15 is 0 Å². The van der Waals surface area contributed by atoms with Crippen molar-refractivity contribution < 1.29 is 29.3 Å². The number of carbonyl (C=O) groups excluding carboxylic acids is 2. The number of amides is 2. The number of hydrogen-bond donors (Lipinski definition) is 3. The van der Waals surface area contributed by atoms with Crippen LogP contribution >= 0.6 is 0 Å². The van der Waals surface area contributed by atoms with Crippen LogP contribution in [0.4, 0.5) is 10.6 Å². The Kier molecular flexibility index (Phi) is 6.84. The van der Waals surface area contributed by atoms with Crippen molar-refractivity contribution >= 4 is 23.8 Å². The monoisotopic (exact) mass is 461 g/mol. The van der Waals surface area contributed by atoms with Gasteiger partial charge >= 0.3 is 12.1 Å². The van der Waals surface area contributed by atoms with Crippen LogP contribution in [0.15, 0.2) is 66.7 Å². The molecule has 1 heterocycles.